The predicted molar refractivity (Wildman–Crippen MR) is 153 cm³/mol. The van der Waals surface area contributed by atoms with Crippen LogP contribution >= 0.6 is 11.6 Å². The molecule has 0 aliphatic rings. The van der Waals surface area contributed by atoms with Crippen molar-refractivity contribution >= 4 is 40.5 Å². The van der Waals surface area contributed by atoms with Crippen molar-refractivity contribution in [2.24, 2.45) is 5.10 Å². The van der Waals surface area contributed by atoms with E-state index in [2.05, 4.69) is 10.5 Å². The Labute approximate surface area is 230 Å². The van der Waals surface area contributed by atoms with E-state index in [0.717, 1.165) is 21.9 Å². The summed E-state index contributed by atoms with van der Waals surface area (Å²) in [5, 5.41) is 6.36. The molecule has 0 aliphatic carbocycles. The number of carbonyl (C=O) groups excluding carboxylic acids is 2. The van der Waals surface area contributed by atoms with Crippen LogP contribution in [-0.4, -0.2) is 24.7 Å². The number of rotatable bonds is 8. The number of esters is 1. The number of carbonyl (C=O) groups is 2. The van der Waals surface area contributed by atoms with Crippen LogP contribution in [0.25, 0.3) is 21.9 Å². The molecule has 39 heavy (non-hydrogen) atoms. The van der Waals surface area contributed by atoms with Gasteiger partial charge in [0.1, 0.15) is 11.5 Å². The molecule has 0 atom stereocenters. The van der Waals surface area contributed by atoms with Crippen LogP contribution in [0.5, 0.6) is 11.5 Å². The van der Waals surface area contributed by atoms with Crippen molar-refractivity contribution in [3.63, 3.8) is 0 Å². The summed E-state index contributed by atoms with van der Waals surface area (Å²) in [6.45, 7) is -0.212. The van der Waals surface area contributed by atoms with Crippen molar-refractivity contribution in [2.75, 3.05) is 6.61 Å². The predicted octanol–water partition coefficient (Wildman–Crippen LogP) is 6.91. The minimum absolute atomic E-state index is 0.212. The van der Waals surface area contributed by atoms with E-state index in [4.69, 9.17) is 21.1 Å². The SMILES string of the molecule is O=C(COc1ccc(-c2ccccc2)cc1)N/N=C\c1c(OC(=O)c2ccc(Cl)cc2)ccc2ccccc12. The zero-order chi connectivity index (χ0) is 27.0. The lowest BCUT2D eigenvalue weighted by Gasteiger charge is -2.11. The van der Waals surface area contributed by atoms with Gasteiger partial charge in [0.25, 0.3) is 5.91 Å². The van der Waals surface area contributed by atoms with Crippen LogP contribution < -0.4 is 14.9 Å². The number of hydrogen-bond donors (Lipinski definition) is 1. The molecule has 0 aromatic heterocycles. The van der Waals surface area contributed by atoms with Crippen LogP contribution in [0.2, 0.25) is 5.02 Å². The van der Waals surface area contributed by atoms with Crippen LogP contribution in [0, 0.1) is 0 Å². The maximum atomic E-state index is 12.7. The Hall–Kier alpha value is -4.94. The van der Waals surface area contributed by atoms with Crippen molar-refractivity contribution in [1.82, 2.24) is 5.43 Å². The molecule has 0 unspecified atom stereocenters. The van der Waals surface area contributed by atoms with Gasteiger partial charge >= 0.3 is 5.97 Å². The number of nitrogens with zero attached hydrogens (tertiary/aromatic N) is 1. The molecule has 0 spiro atoms. The zero-order valence-electron chi connectivity index (χ0n) is 20.7. The lowest BCUT2D eigenvalue weighted by molar-refractivity contribution is -0.123. The van der Waals surface area contributed by atoms with Crippen LogP contribution in [0.15, 0.2) is 120 Å². The molecule has 0 fully saturated rings. The van der Waals surface area contributed by atoms with Crippen molar-refractivity contribution in [2.45, 2.75) is 0 Å². The van der Waals surface area contributed by atoms with E-state index in [0.29, 0.717) is 27.6 Å². The second-order valence-corrected chi connectivity index (χ2v) is 9.00. The summed E-state index contributed by atoms with van der Waals surface area (Å²) < 4.78 is 11.3. The summed E-state index contributed by atoms with van der Waals surface area (Å²) in [5.41, 5.74) is 5.54. The topological polar surface area (TPSA) is 77.0 Å². The monoisotopic (exact) mass is 534 g/mol. The van der Waals surface area contributed by atoms with E-state index in [1.807, 2.05) is 84.9 Å². The molecule has 0 saturated carbocycles. The number of hydrogen-bond acceptors (Lipinski definition) is 5. The standard InChI is InChI=1S/C32H23ClN2O4/c33-26-15-10-25(11-16-26)32(37)39-30-19-14-24-8-4-5-9-28(24)29(30)20-34-35-31(36)21-38-27-17-12-23(13-18-27)22-6-2-1-3-7-22/h1-20H,21H2,(H,35,36)/b34-20-. The number of halogens is 1. The van der Waals surface area contributed by atoms with Gasteiger partial charge in [0.15, 0.2) is 6.61 Å². The first-order valence-corrected chi connectivity index (χ1v) is 12.5. The minimum Gasteiger partial charge on any atom is -0.484 e. The highest BCUT2D eigenvalue weighted by molar-refractivity contribution is 6.30. The van der Waals surface area contributed by atoms with Gasteiger partial charge in [0.2, 0.25) is 0 Å². The molecule has 192 valence electrons. The average molecular weight is 535 g/mol. The lowest BCUT2D eigenvalue weighted by atomic mass is 10.0. The summed E-state index contributed by atoms with van der Waals surface area (Å²) in [7, 11) is 0. The number of ether oxygens (including phenoxy) is 2. The highest BCUT2D eigenvalue weighted by Crippen LogP contribution is 2.28. The summed E-state index contributed by atoms with van der Waals surface area (Å²) >= 11 is 5.92. The molecule has 5 rings (SSSR count). The number of benzene rings is 5. The lowest BCUT2D eigenvalue weighted by Crippen LogP contribution is -2.24. The largest absolute Gasteiger partial charge is 0.484 e. The highest BCUT2D eigenvalue weighted by atomic mass is 35.5. The minimum atomic E-state index is -0.535. The van der Waals surface area contributed by atoms with Gasteiger partial charge in [0, 0.05) is 10.6 Å². The van der Waals surface area contributed by atoms with E-state index in [1.54, 1.807) is 30.3 Å². The molecule has 1 N–H and O–H groups in total. The molecule has 0 aliphatic heterocycles. The first-order chi connectivity index (χ1) is 19.1. The molecular weight excluding hydrogens is 512 g/mol. The first-order valence-electron chi connectivity index (χ1n) is 12.2. The fourth-order valence-electron chi connectivity index (χ4n) is 3.97. The van der Waals surface area contributed by atoms with Crippen LogP contribution in [0.3, 0.4) is 0 Å². The van der Waals surface area contributed by atoms with E-state index in [1.165, 1.54) is 6.21 Å². The van der Waals surface area contributed by atoms with Gasteiger partial charge in [-0.05, 0) is 64.4 Å². The smallest absolute Gasteiger partial charge is 0.343 e. The van der Waals surface area contributed by atoms with Gasteiger partial charge in [-0.25, -0.2) is 10.2 Å². The van der Waals surface area contributed by atoms with E-state index < -0.39 is 11.9 Å². The van der Waals surface area contributed by atoms with Crippen molar-refractivity contribution in [1.29, 1.82) is 0 Å². The van der Waals surface area contributed by atoms with Gasteiger partial charge in [0.05, 0.1) is 11.8 Å². The van der Waals surface area contributed by atoms with Gasteiger partial charge in [-0.1, -0.05) is 84.4 Å². The first kappa shape index (κ1) is 25.7. The van der Waals surface area contributed by atoms with Gasteiger partial charge < -0.3 is 9.47 Å². The van der Waals surface area contributed by atoms with Gasteiger partial charge in [-0.3, -0.25) is 4.79 Å². The van der Waals surface area contributed by atoms with Crippen LogP contribution in [0.1, 0.15) is 15.9 Å². The fourth-order valence-corrected chi connectivity index (χ4v) is 4.09. The second kappa shape index (κ2) is 12.1. The Balaban J connectivity index is 1.25. The second-order valence-electron chi connectivity index (χ2n) is 8.57. The normalized spacial score (nSPS) is 10.9. The molecule has 6 nitrogen and oxygen atoms in total. The number of amides is 1. The molecule has 0 heterocycles. The van der Waals surface area contributed by atoms with E-state index in [9.17, 15) is 9.59 Å². The summed E-state index contributed by atoms with van der Waals surface area (Å²) in [5.74, 6) is -0.0914. The number of fused-ring (bicyclic) bond motifs is 1. The van der Waals surface area contributed by atoms with Crippen LogP contribution in [0.4, 0.5) is 0 Å². The summed E-state index contributed by atoms with van der Waals surface area (Å²) in [4.78, 5) is 25.1. The highest BCUT2D eigenvalue weighted by Gasteiger charge is 2.14. The van der Waals surface area contributed by atoms with E-state index in [-0.39, 0.29) is 6.61 Å². The van der Waals surface area contributed by atoms with Crippen molar-refractivity contribution in [3.8, 4) is 22.6 Å². The van der Waals surface area contributed by atoms with E-state index >= 15 is 0 Å². The molecular formula is C32H23ClN2O4. The molecule has 0 bridgehead atoms. The third kappa shape index (κ3) is 6.50. The maximum absolute atomic E-state index is 12.7. The molecule has 5 aromatic carbocycles. The molecule has 0 radical (unpaired) electrons. The molecule has 0 saturated heterocycles. The third-order valence-corrected chi connectivity index (χ3v) is 6.18. The van der Waals surface area contributed by atoms with Gasteiger partial charge in [-0.2, -0.15) is 5.10 Å². The maximum Gasteiger partial charge on any atom is 0.343 e. The van der Waals surface area contributed by atoms with Crippen molar-refractivity contribution < 1.29 is 19.1 Å². The summed E-state index contributed by atoms with van der Waals surface area (Å²) in [6, 6.07) is 35.1. The summed E-state index contributed by atoms with van der Waals surface area (Å²) in [6.07, 6.45) is 1.46. The van der Waals surface area contributed by atoms with Crippen molar-refractivity contribution in [3.05, 3.63) is 131 Å². The Bertz CT molecular complexity index is 1630. The third-order valence-electron chi connectivity index (χ3n) is 5.93. The quantitative estimate of drug-likeness (QED) is 0.102. The average Bonchev–Trinajstić information content (AvgIpc) is 2.98. The number of nitrogens with one attached hydrogen (secondary N) is 1. The number of hydrazone groups is 1. The Kier molecular flexibility index (Phi) is 7.95. The zero-order valence-corrected chi connectivity index (χ0v) is 21.5. The molecule has 7 heteroatoms. The Morgan fingerprint density at radius 2 is 1.46 bits per heavy atom. The molecule has 1 amide bonds. The van der Waals surface area contributed by atoms with Gasteiger partial charge in [-0.15, -0.1) is 0 Å². The molecule has 5 aromatic rings. The Morgan fingerprint density at radius 1 is 0.769 bits per heavy atom. The van der Waals surface area contributed by atoms with Crippen LogP contribution in [-0.2, 0) is 4.79 Å². The fraction of sp³-hybridized carbons (Fsp3) is 0.0312. The Morgan fingerprint density at radius 3 is 2.23 bits per heavy atom.